The number of carbonyl (C=O) groups excluding carboxylic acids is 1. The molecule has 0 aliphatic carbocycles. The summed E-state index contributed by atoms with van der Waals surface area (Å²) in [6.45, 7) is 4.93. The molecule has 0 unspecified atom stereocenters. The predicted molar refractivity (Wildman–Crippen MR) is 101 cm³/mol. The highest BCUT2D eigenvalue weighted by molar-refractivity contribution is 5.90. The molecule has 4 rings (SSSR count). The van der Waals surface area contributed by atoms with Crippen LogP contribution in [0.4, 0.5) is 0 Å². The van der Waals surface area contributed by atoms with Crippen LogP contribution in [0.3, 0.4) is 0 Å². The van der Waals surface area contributed by atoms with Crippen molar-refractivity contribution in [1.82, 2.24) is 29.7 Å². The number of amides is 1. The van der Waals surface area contributed by atoms with Crippen LogP contribution >= 0.6 is 0 Å². The summed E-state index contributed by atoms with van der Waals surface area (Å²) >= 11 is 0. The van der Waals surface area contributed by atoms with Crippen molar-refractivity contribution < 1.29 is 4.79 Å². The van der Waals surface area contributed by atoms with Crippen molar-refractivity contribution in [2.75, 3.05) is 13.6 Å². The van der Waals surface area contributed by atoms with Crippen LogP contribution in [-0.2, 0) is 26.1 Å². The fourth-order valence-electron chi connectivity index (χ4n) is 3.54. The van der Waals surface area contributed by atoms with E-state index in [0.717, 1.165) is 47.5 Å². The smallest absolute Gasteiger partial charge is 0.287 e. The quantitative estimate of drug-likeness (QED) is 0.720. The van der Waals surface area contributed by atoms with Gasteiger partial charge in [0.1, 0.15) is 0 Å². The summed E-state index contributed by atoms with van der Waals surface area (Å²) in [7, 11) is 1.61. The number of aromatic nitrogens is 4. The molecule has 1 aliphatic rings. The minimum absolute atomic E-state index is 0.0486. The minimum Gasteiger partial charge on any atom is -0.352 e. The van der Waals surface area contributed by atoms with Gasteiger partial charge < -0.3 is 14.9 Å². The predicted octanol–water partition coefficient (Wildman–Crippen LogP) is 1.06. The molecule has 0 saturated carbocycles. The maximum Gasteiger partial charge on any atom is 0.287 e. The Hall–Kier alpha value is -3.00. The number of fused-ring (bicyclic) bond motifs is 2. The van der Waals surface area contributed by atoms with Gasteiger partial charge in [-0.3, -0.25) is 19.5 Å². The number of pyridine rings is 2. The molecule has 8 nitrogen and oxygen atoms in total. The van der Waals surface area contributed by atoms with Crippen LogP contribution in [0.2, 0.25) is 0 Å². The highest BCUT2D eigenvalue weighted by Crippen LogP contribution is 2.18. The number of imidazole rings is 1. The SMILES string of the molecule is CCc1cc2ncc(CN3CCn4c(cnc4C(=O)NC)C3)cc2[nH]c1=O. The zero-order chi connectivity index (χ0) is 19.0. The third-order valence-electron chi connectivity index (χ3n) is 5.01. The number of rotatable bonds is 4. The van der Waals surface area contributed by atoms with E-state index < -0.39 is 0 Å². The molecule has 3 aromatic heterocycles. The van der Waals surface area contributed by atoms with Crippen molar-refractivity contribution in [3.8, 4) is 0 Å². The molecular weight excluding hydrogens is 344 g/mol. The van der Waals surface area contributed by atoms with E-state index in [1.165, 1.54) is 0 Å². The third-order valence-corrected chi connectivity index (χ3v) is 5.01. The second-order valence-electron chi connectivity index (χ2n) is 6.77. The van der Waals surface area contributed by atoms with E-state index in [9.17, 15) is 9.59 Å². The van der Waals surface area contributed by atoms with Crippen molar-refractivity contribution in [1.29, 1.82) is 0 Å². The first-order valence-corrected chi connectivity index (χ1v) is 9.08. The average Bonchev–Trinajstić information content (AvgIpc) is 3.10. The number of carbonyl (C=O) groups is 1. The summed E-state index contributed by atoms with van der Waals surface area (Å²) < 4.78 is 1.97. The van der Waals surface area contributed by atoms with Crippen molar-refractivity contribution in [2.24, 2.45) is 0 Å². The first kappa shape index (κ1) is 17.4. The highest BCUT2D eigenvalue weighted by atomic mass is 16.2. The van der Waals surface area contributed by atoms with Gasteiger partial charge in [0.15, 0.2) is 5.82 Å². The Morgan fingerprint density at radius 3 is 2.89 bits per heavy atom. The average molecular weight is 366 g/mol. The molecule has 1 aliphatic heterocycles. The topological polar surface area (TPSA) is 95.9 Å². The Morgan fingerprint density at radius 2 is 2.11 bits per heavy atom. The lowest BCUT2D eigenvalue weighted by molar-refractivity contribution is 0.0943. The van der Waals surface area contributed by atoms with Crippen LogP contribution in [0, 0.1) is 0 Å². The van der Waals surface area contributed by atoms with E-state index >= 15 is 0 Å². The monoisotopic (exact) mass is 366 g/mol. The third kappa shape index (κ3) is 3.23. The zero-order valence-corrected chi connectivity index (χ0v) is 15.5. The van der Waals surface area contributed by atoms with E-state index in [2.05, 4.69) is 25.2 Å². The van der Waals surface area contributed by atoms with Crippen LogP contribution in [-0.4, -0.2) is 43.9 Å². The molecule has 2 N–H and O–H groups in total. The molecule has 0 bridgehead atoms. The summed E-state index contributed by atoms with van der Waals surface area (Å²) in [5.41, 5.74) is 4.34. The van der Waals surface area contributed by atoms with Gasteiger partial charge in [-0.25, -0.2) is 4.98 Å². The Kier molecular flexibility index (Phi) is 4.49. The van der Waals surface area contributed by atoms with Crippen molar-refractivity contribution in [2.45, 2.75) is 33.0 Å². The summed E-state index contributed by atoms with van der Waals surface area (Å²) in [5, 5.41) is 2.63. The van der Waals surface area contributed by atoms with Gasteiger partial charge in [-0.2, -0.15) is 0 Å². The second kappa shape index (κ2) is 6.96. The maximum atomic E-state index is 12.0. The first-order chi connectivity index (χ1) is 13.1. The van der Waals surface area contributed by atoms with E-state index in [1.807, 2.05) is 29.8 Å². The lowest BCUT2D eigenvalue weighted by Gasteiger charge is -2.28. The molecule has 4 heterocycles. The largest absolute Gasteiger partial charge is 0.352 e. The van der Waals surface area contributed by atoms with Gasteiger partial charge in [0.25, 0.3) is 11.5 Å². The minimum atomic E-state index is -0.163. The Balaban J connectivity index is 1.54. The first-order valence-electron chi connectivity index (χ1n) is 9.08. The normalized spacial score (nSPS) is 14.3. The van der Waals surface area contributed by atoms with Crippen LogP contribution in [0.25, 0.3) is 11.0 Å². The summed E-state index contributed by atoms with van der Waals surface area (Å²) in [5.74, 6) is 0.299. The molecule has 0 aromatic carbocycles. The molecule has 1 amide bonds. The van der Waals surface area contributed by atoms with E-state index in [1.54, 1.807) is 13.2 Å². The second-order valence-corrected chi connectivity index (χ2v) is 6.77. The Morgan fingerprint density at radius 1 is 1.26 bits per heavy atom. The standard InChI is InChI=1S/C19H22N6O2/c1-3-13-7-15-16(23-18(13)26)6-12(8-21-15)10-24-4-5-25-14(11-24)9-22-17(25)19(27)20-2/h6-9H,3-5,10-11H2,1-2H3,(H,20,27)(H,23,26). The number of nitrogens with zero attached hydrogens (tertiary/aromatic N) is 4. The lowest BCUT2D eigenvalue weighted by Crippen LogP contribution is -2.35. The number of nitrogens with one attached hydrogen (secondary N) is 2. The van der Waals surface area contributed by atoms with Crippen LogP contribution in [0.1, 0.15) is 34.4 Å². The van der Waals surface area contributed by atoms with E-state index in [-0.39, 0.29) is 11.5 Å². The van der Waals surface area contributed by atoms with Crippen LogP contribution in [0.15, 0.2) is 29.3 Å². The Labute approximate surface area is 156 Å². The number of aromatic amines is 1. The molecule has 27 heavy (non-hydrogen) atoms. The van der Waals surface area contributed by atoms with Gasteiger partial charge >= 0.3 is 0 Å². The molecule has 0 atom stereocenters. The van der Waals surface area contributed by atoms with Gasteiger partial charge in [0.2, 0.25) is 0 Å². The van der Waals surface area contributed by atoms with Crippen molar-refractivity contribution >= 4 is 16.9 Å². The number of hydrogen-bond donors (Lipinski definition) is 2. The van der Waals surface area contributed by atoms with Gasteiger partial charge in [-0.15, -0.1) is 0 Å². The zero-order valence-electron chi connectivity index (χ0n) is 15.5. The van der Waals surface area contributed by atoms with Gasteiger partial charge in [0.05, 0.1) is 22.9 Å². The highest BCUT2D eigenvalue weighted by Gasteiger charge is 2.22. The van der Waals surface area contributed by atoms with Crippen molar-refractivity contribution in [3.05, 3.63) is 57.5 Å². The van der Waals surface area contributed by atoms with E-state index in [0.29, 0.717) is 18.8 Å². The fraction of sp³-hybridized carbons (Fsp3) is 0.368. The van der Waals surface area contributed by atoms with E-state index in [4.69, 9.17) is 0 Å². The van der Waals surface area contributed by atoms with Gasteiger partial charge in [-0.1, -0.05) is 6.92 Å². The number of H-pyrrole nitrogens is 1. The van der Waals surface area contributed by atoms with Crippen molar-refractivity contribution in [3.63, 3.8) is 0 Å². The summed E-state index contributed by atoms with van der Waals surface area (Å²) in [6, 6.07) is 3.85. The lowest BCUT2D eigenvalue weighted by atomic mass is 10.1. The molecule has 0 spiro atoms. The molecule has 140 valence electrons. The molecular formula is C19H22N6O2. The number of hydrogen-bond acceptors (Lipinski definition) is 5. The van der Waals surface area contributed by atoms with Gasteiger partial charge in [-0.05, 0) is 24.1 Å². The Bertz CT molecular complexity index is 1070. The molecule has 0 saturated heterocycles. The summed E-state index contributed by atoms with van der Waals surface area (Å²) in [6.07, 6.45) is 4.31. The molecule has 3 aromatic rings. The van der Waals surface area contributed by atoms with Crippen LogP contribution < -0.4 is 10.9 Å². The van der Waals surface area contributed by atoms with Gasteiger partial charge in [0, 0.05) is 45.0 Å². The molecule has 0 fully saturated rings. The number of aryl methyl sites for hydroxylation is 1. The maximum absolute atomic E-state index is 12.0. The van der Waals surface area contributed by atoms with Crippen LogP contribution in [0.5, 0.6) is 0 Å². The molecule has 0 radical (unpaired) electrons. The summed E-state index contributed by atoms with van der Waals surface area (Å²) in [4.78, 5) is 37.9. The fourth-order valence-corrected chi connectivity index (χ4v) is 3.54. The molecule has 8 heteroatoms.